The molecule has 0 unspecified atom stereocenters. The Kier molecular flexibility index (Phi) is 31.8. The second-order valence-electron chi connectivity index (χ2n) is 13.7. The molecule has 0 radical (unpaired) electrons. The Morgan fingerprint density at radius 3 is 1.52 bits per heavy atom. The Morgan fingerprint density at radius 1 is 0.634 bits per heavy atom. The number of hydrogen-bond donors (Lipinski definition) is 15. The van der Waals surface area contributed by atoms with Crippen molar-refractivity contribution in [2.45, 2.75) is 100 Å². The van der Waals surface area contributed by atoms with Crippen LogP contribution in [0.25, 0.3) is 0 Å². The van der Waals surface area contributed by atoms with Crippen molar-refractivity contribution in [1.82, 2.24) is 31.5 Å². The number of unbranched alkanes of at least 4 members (excludes halogenated alkanes) is 1. The fourth-order valence-corrected chi connectivity index (χ4v) is 4.92. The third-order valence-corrected chi connectivity index (χ3v) is 8.16. The Morgan fingerprint density at radius 2 is 1.11 bits per heavy atom. The van der Waals surface area contributed by atoms with E-state index in [0.29, 0.717) is 25.8 Å². The van der Waals surface area contributed by atoms with Crippen molar-refractivity contribution < 1.29 is 123 Å². The third-order valence-electron chi connectivity index (χ3n) is 8.16. The van der Waals surface area contributed by atoms with Crippen molar-refractivity contribution in [2.75, 3.05) is 39.3 Å². The number of carboxylic acid groups (broad SMARTS) is 5. The van der Waals surface area contributed by atoms with Gasteiger partial charge in [0.2, 0.25) is 35.4 Å². The minimum Gasteiger partial charge on any atom is -0.481 e. The maximum atomic E-state index is 13.3. The highest BCUT2D eigenvalue weighted by atomic mass is 19.4. The zero-order valence-corrected chi connectivity index (χ0v) is 36.6. The van der Waals surface area contributed by atoms with E-state index in [9.17, 15) is 93.2 Å². The molecule has 0 aromatic rings. The highest BCUT2D eigenvalue weighted by molar-refractivity contribution is 5.97. The molecule has 5 atom stereocenters. The van der Waals surface area contributed by atoms with Crippen LogP contribution in [-0.2, 0) is 52.7 Å². The number of nitrogens with one attached hydrogen (secondary N) is 5. The van der Waals surface area contributed by atoms with Crippen LogP contribution in [0.4, 0.5) is 39.5 Å². The van der Waals surface area contributed by atoms with E-state index in [1.54, 1.807) is 0 Å². The lowest BCUT2D eigenvalue weighted by Crippen LogP contribution is -2.59. The molecular weight excluding hydrogens is 1010 g/mol. The van der Waals surface area contributed by atoms with Crippen molar-refractivity contribution >= 4 is 71.2 Å². The highest BCUT2D eigenvalue weighted by Gasteiger charge is 2.41. The molecule has 1 fully saturated rings. The minimum atomic E-state index is -5.08. The van der Waals surface area contributed by atoms with E-state index >= 15 is 0 Å². The molecule has 71 heavy (non-hydrogen) atoms. The number of carboxylic acids is 5. The number of aliphatic carboxylic acids is 5. The van der Waals surface area contributed by atoms with Crippen LogP contribution in [0, 0.1) is 0 Å². The van der Waals surface area contributed by atoms with Gasteiger partial charge in [-0.2, -0.15) is 39.5 Å². The fraction of sp³-hybridized carbons (Fsp3) is 0.647. The molecule has 1 aliphatic rings. The molecule has 1 heterocycles. The number of carbonyl (C=O) groups is 11. The second kappa shape index (κ2) is 33.3. The maximum absolute atomic E-state index is 13.3. The Bertz CT molecular complexity index is 1800. The minimum absolute atomic E-state index is 0.0458. The van der Waals surface area contributed by atoms with Crippen molar-refractivity contribution in [2.24, 2.45) is 27.9 Å². The number of aliphatic imine (C=N–C) groups is 1. The highest BCUT2D eigenvalue weighted by Crippen LogP contribution is 2.20. The molecule has 0 aliphatic carbocycles. The summed E-state index contributed by atoms with van der Waals surface area (Å²) in [6.07, 6.45) is -14.2. The van der Waals surface area contributed by atoms with Gasteiger partial charge in [-0.15, -0.1) is 0 Å². The van der Waals surface area contributed by atoms with Crippen molar-refractivity contribution in [3.05, 3.63) is 0 Å². The van der Waals surface area contributed by atoms with Crippen LogP contribution in [0.2, 0.25) is 0 Å². The van der Waals surface area contributed by atoms with E-state index in [4.69, 9.17) is 52.6 Å². The van der Waals surface area contributed by atoms with Gasteiger partial charge in [-0.25, -0.2) is 19.2 Å². The summed E-state index contributed by atoms with van der Waals surface area (Å²) in [5, 5.41) is 61.5. The number of hydrogen-bond acceptors (Lipinski definition) is 15. The number of amides is 6. The summed E-state index contributed by atoms with van der Waals surface area (Å²) >= 11 is 0. The lowest BCUT2D eigenvalue weighted by molar-refractivity contribution is -0.193. The molecule has 0 bridgehead atoms. The van der Waals surface area contributed by atoms with Crippen molar-refractivity contribution in [3.8, 4) is 0 Å². The topological polar surface area (TPSA) is 489 Å². The van der Waals surface area contributed by atoms with Crippen LogP contribution < -0.4 is 49.5 Å². The number of carbonyl (C=O) groups excluding carboxylic acids is 6. The standard InChI is InChI=1S/C28H49N11O11.3C2HF3O2/c29-8-2-1-5-16(27(49)50)37-25(47)19-7-4-10-39(19)26(48)18(14-40)38-24(46)17(11-22(43)44)36-21(42)13-34-23(45)15(35-20(41)12-30)6-3-9-33-28(31)32;3*3-2(4,5)1(6)7/h15-19,40H,1-14,29-30H2,(H,34,45)(H,35,41)(H,36,42)(H,37,47)(H,38,46)(H,43,44)(H,49,50)(H4,31,32,33);3*(H,6,7)/t15-,16-,17-,18-,19-;;;/m0.../s1. The zero-order chi connectivity index (χ0) is 56.0. The molecule has 0 saturated carbocycles. The summed E-state index contributed by atoms with van der Waals surface area (Å²) in [7, 11) is 0. The summed E-state index contributed by atoms with van der Waals surface area (Å²) in [4.78, 5) is 131. The molecular formula is C34H52F9N11O17. The first-order valence-electron chi connectivity index (χ1n) is 19.7. The second-order valence-corrected chi connectivity index (χ2v) is 13.7. The third kappa shape index (κ3) is 31.4. The molecule has 28 nitrogen and oxygen atoms in total. The zero-order valence-electron chi connectivity index (χ0n) is 36.6. The lowest BCUT2D eigenvalue weighted by atomic mass is 10.1. The van der Waals surface area contributed by atoms with Crippen LogP contribution in [-0.4, -0.2) is 195 Å². The van der Waals surface area contributed by atoms with Gasteiger partial charge in [0.05, 0.1) is 26.1 Å². The SMILES string of the molecule is NCCCC[C@H](NC(=O)[C@@H]1CCCN1C(=O)[C@H](CO)NC(=O)[C@H](CC(=O)O)NC(=O)CNC(=O)[C@H](CCCN=C(N)N)NC(=O)CN)C(=O)O.O=C(O)C(F)(F)F.O=C(O)C(F)(F)F.O=C(O)C(F)(F)F. The molecule has 0 aromatic heterocycles. The smallest absolute Gasteiger partial charge is 0.481 e. The first-order chi connectivity index (χ1) is 32.5. The van der Waals surface area contributed by atoms with Gasteiger partial charge in [0.25, 0.3) is 0 Å². The van der Waals surface area contributed by atoms with Gasteiger partial charge in [-0.05, 0) is 51.5 Å². The lowest BCUT2D eigenvalue weighted by Gasteiger charge is -2.29. The normalized spacial score (nSPS) is 14.7. The summed E-state index contributed by atoms with van der Waals surface area (Å²) in [6.45, 7) is -1.61. The molecule has 19 N–H and O–H groups in total. The number of nitrogens with two attached hydrogens (primary N) is 4. The van der Waals surface area contributed by atoms with Crippen LogP contribution >= 0.6 is 0 Å². The number of likely N-dealkylation sites (tertiary alicyclic amines) is 1. The first kappa shape index (κ1) is 68.0. The predicted octanol–water partition coefficient (Wildman–Crippen LogP) is -4.37. The predicted molar refractivity (Wildman–Crippen MR) is 215 cm³/mol. The van der Waals surface area contributed by atoms with Gasteiger partial charge < -0.3 is 85.1 Å². The van der Waals surface area contributed by atoms with Gasteiger partial charge in [0.1, 0.15) is 30.2 Å². The van der Waals surface area contributed by atoms with Gasteiger partial charge >= 0.3 is 48.4 Å². The monoisotopic (exact) mass is 1060 g/mol. The van der Waals surface area contributed by atoms with Crippen LogP contribution in [0.1, 0.15) is 51.4 Å². The summed E-state index contributed by atoms with van der Waals surface area (Å²) < 4.78 is 95.2. The Labute approximate surface area is 393 Å². The van der Waals surface area contributed by atoms with Crippen molar-refractivity contribution in [1.29, 1.82) is 0 Å². The number of guanidine groups is 1. The van der Waals surface area contributed by atoms with Crippen LogP contribution in [0.15, 0.2) is 4.99 Å². The molecule has 6 amide bonds. The number of nitrogens with zero attached hydrogens (tertiary/aromatic N) is 2. The average molecular weight is 1060 g/mol. The summed E-state index contributed by atoms with van der Waals surface area (Å²) in [5.41, 5.74) is 21.3. The van der Waals surface area contributed by atoms with Crippen molar-refractivity contribution in [3.63, 3.8) is 0 Å². The molecule has 37 heteroatoms. The quantitative estimate of drug-likeness (QED) is 0.0199. The van der Waals surface area contributed by atoms with Gasteiger partial charge in [-0.1, -0.05) is 0 Å². The Hall–Kier alpha value is -7.31. The fourth-order valence-electron chi connectivity index (χ4n) is 4.92. The molecule has 0 spiro atoms. The van der Waals surface area contributed by atoms with Crippen LogP contribution in [0.5, 0.6) is 0 Å². The van der Waals surface area contributed by atoms with Gasteiger partial charge in [0.15, 0.2) is 5.96 Å². The number of alkyl halides is 9. The number of halogens is 9. The maximum Gasteiger partial charge on any atom is 0.490 e. The Balaban J connectivity index is -0.00000181. The molecule has 1 saturated heterocycles. The van der Waals surface area contributed by atoms with E-state index in [1.807, 2.05) is 0 Å². The summed E-state index contributed by atoms with van der Waals surface area (Å²) in [5.74, 6) is -16.5. The van der Waals surface area contributed by atoms with E-state index in [0.717, 1.165) is 4.90 Å². The molecule has 0 aromatic carbocycles. The van der Waals surface area contributed by atoms with Gasteiger partial charge in [-0.3, -0.25) is 38.6 Å². The average Bonchev–Trinajstić information content (AvgIpc) is 3.74. The van der Waals surface area contributed by atoms with E-state index in [2.05, 4.69) is 31.6 Å². The van der Waals surface area contributed by atoms with E-state index in [-0.39, 0.29) is 44.7 Å². The first-order valence-corrected chi connectivity index (χ1v) is 19.7. The molecule has 1 rings (SSSR count). The molecule has 408 valence electrons. The number of aliphatic hydroxyl groups is 1. The number of aliphatic hydroxyl groups excluding tert-OH is 1. The summed E-state index contributed by atoms with van der Waals surface area (Å²) in [6, 6.07) is -6.89. The molecule has 1 aliphatic heterocycles. The van der Waals surface area contributed by atoms with E-state index in [1.165, 1.54) is 0 Å². The van der Waals surface area contributed by atoms with Crippen LogP contribution in [0.3, 0.4) is 0 Å². The largest absolute Gasteiger partial charge is 0.490 e. The number of rotatable bonds is 23. The van der Waals surface area contributed by atoms with Gasteiger partial charge in [0, 0.05) is 13.1 Å². The van der Waals surface area contributed by atoms with E-state index < -0.39 is 140 Å².